The number of rotatable bonds is 2. The zero-order valence-corrected chi connectivity index (χ0v) is 12.7. The molecule has 0 atom stereocenters. The van der Waals surface area contributed by atoms with Crippen LogP contribution < -0.4 is 10.6 Å². The van der Waals surface area contributed by atoms with Gasteiger partial charge in [0.15, 0.2) is 0 Å². The van der Waals surface area contributed by atoms with Crippen LogP contribution in [0.2, 0.25) is 15.1 Å². The quantitative estimate of drug-likeness (QED) is 0.756. The number of carbonyl (C=O) groups is 1. The fraction of sp³-hybridized carbons (Fsp3) is 0.417. The minimum atomic E-state index is -0.329. The molecule has 2 amide bonds. The summed E-state index contributed by atoms with van der Waals surface area (Å²) in [5, 5.41) is 6.41. The smallest absolute Gasteiger partial charge is 0.319 e. The molecule has 0 radical (unpaired) electrons. The van der Waals surface area contributed by atoms with E-state index in [0.717, 1.165) is 0 Å². The van der Waals surface area contributed by atoms with Crippen LogP contribution in [0.5, 0.6) is 0 Å². The summed E-state index contributed by atoms with van der Waals surface area (Å²) in [5.41, 5.74) is 0.441. The minimum absolute atomic E-state index is 0.0127. The van der Waals surface area contributed by atoms with Gasteiger partial charge in [-0.25, -0.2) is 4.79 Å². The first-order valence-electron chi connectivity index (χ1n) is 5.38. The number of nitrogens with one attached hydrogen (secondary N) is 2. The fourth-order valence-electron chi connectivity index (χ4n) is 1.13. The van der Waals surface area contributed by atoms with Crippen molar-refractivity contribution in [2.75, 3.05) is 11.9 Å². The number of carbonyl (C=O) groups excluding carboxylic acids is 1. The molecule has 3 nitrogen and oxygen atoms in total. The Balaban J connectivity index is 2.68. The van der Waals surface area contributed by atoms with Crippen LogP contribution in [0, 0.1) is 5.41 Å². The number of anilines is 1. The lowest BCUT2D eigenvalue weighted by molar-refractivity contribution is 0.247. The standard InChI is InChI=1S/C12H15Cl3N2O/c1-12(2,3)6-16-11(18)17-10-5-8(14)7(13)4-9(10)15/h4-5H,6H2,1-3H3,(H2,16,17,18). The molecule has 0 heterocycles. The molecule has 6 heteroatoms. The average molecular weight is 310 g/mol. The highest BCUT2D eigenvalue weighted by Crippen LogP contribution is 2.32. The maximum Gasteiger partial charge on any atom is 0.319 e. The van der Waals surface area contributed by atoms with Gasteiger partial charge in [0.1, 0.15) is 0 Å². The predicted octanol–water partition coefficient (Wildman–Crippen LogP) is 4.81. The van der Waals surface area contributed by atoms with Crippen molar-refractivity contribution in [3.8, 4) is 0 Å². The van der Waals surface area contributed by atoms with Gasteiger partial charge in [-0.05, 0) is 17.5 Å². The lowest BCUT2D eigenvalue weighted by Gasteiger charge is -2.19. The number of halogens is 3. The molecule has 0 aromatic heterocycles. The second-order valence-electron chi connectivity index (χ2n) is 5.11. The normalized spacial score (nSPS) is 11.2. The first-order chi connectivity index (χ1) is 8.19. The van der Waals surface area contributed by atoms with Gasteiger partial charge in [0.2, 0.25) is 0 Å². The molecule has 2 N–H and O–H groups in total. The summed E-state index contributed by atoms with van der Waals surface area (Å²) in [5.74, 6) is 0. The van der Waals surface area contributed by atoms with E-state index in [9.17, 15) is 4.79 Å². The maximum atomic E-state index is 11.7. The van der Waals surface area contributed by atoms with Gasteiger partial charge in [-0.15, -0.1) is 0 Å². The zero-order valence-electron chi connectivity index (χ0n) is 10.4. The summed E-state index contributed by atoms with van der Waals surface area (Å²) < 4.78 is 0. The largest absolute Gasteiger partial charge is 0.337 e. The number of benzene rings is 1. The van der Waals surface area contributed by atoms with E-state index >= 15 is 0 Å². The molecule has 0 fully saturated rings. The molecule has 1 aromatic rings. The van der Waals surface area contributed by atoms with Crippen LogP contribution in [0.1, 0.15) is 20.8 Å². The van der Waals surface area contributed by atoms with Gasteiger partial charge >= 0.3 is 6.03 Å². The molecule has 100 valence electrons. The summed E-state index contributed by atoms with van der Waals surface area (Å²) in [7, 11) is 0. The molecule has 1 aromatic carbocycles. The van der Waals surface area contributed by atoms with Crippen molar-refractivity contribution in [3.63, 3.8) is 0 Å². The summed E-state index contributed by atoms with van der Waals surface area (Å²) in [6, 6.07) is 2.68. The van der Waals surface area contributed by atoms with E-state index in [1.165, 1.54) is 12.1 Å². The van der Waals surface area contributed by atoms with E-state index < -0.39 is 0 Å². The Kier molecular flexibility index (Phi) is 5.14. The third-order valence-corrected chi connectivity index (χ3v) is 3.07. The molecule has 0 saturated carbocycles. The highest BCUT2D eigenvalue weighted by molar-refractivity contribution is 6.44. The lowest BCUT2D eigenvalue weighted by atomic mass is 9.97. The van der Waals surface area contributed by atoms with Crippen molar-refractivity contribution in [1.29, 1.82) is 0 Å². The Morgan fingerprint density at radius 3 is 2.22 bits per heavy atom. The van der Waals surface area contributed by atoms with Gasteiger partial charge in [0, 0.05) is 6.54 Å². The van der Waals surface area contributed by atoms with Crippen molar-refractivity contribution in [2.45, 2.75) is 20.8 Å². The molecule has 0 aliphatic rings. The Labute approximate surface area is 122 Å². The van der Waals surface area contributed by atoms with E-state index in [-0.39, 0.29) is 11.4 Å². The number of hydrogen-bond donors (Lipinski definition) is 2. The molecule has 0 spiro atoms. The monoisotopic (exact) mass is 308 g/mol. The van der Waals surface area contributed by atoms with Crippen molar-refractivity contribution in [3.05, 3.63) is 27.2 Å². The second-order valence-corrected chi connectivity index (χ2v) is 6.34. The van der Waals surface area contributed by atoms with Crippen LogP contribution in [-0.4, -0.2) is 12.6 Å². The van der Waals surface area contributed by atoms with Crippen molar-refractivity contribution in [1.82, 2.24) is 5.32 Å². The predicted molar refractivity (Wildman–Crippen MR) is 77.9 cm³/mol. The SMILES string of the molecule is CC(C)(C)CNC(=O)Nc1cc(Cl)c(Cl)cc1Cl. The highest BCUT2D eigenvalue weighted by Gasteiger charge is 2.13. The molecule has 1 rings (SSSR count). The minimum Gasteiger partial charge on any atom is -0.337 e. The van der Waals surface area contributed by atoms with E-state index in [2.05, 4.69) is 10.6 Å². The molecule has 18 heavy (non-hydrogen) atoms. The van der Waals surface area contributed by atoms with Crippen molar-refractivity contribution in [2.24, 2.45) is 5.41 Å². The number of amides is 2. The van der Waals surface area contributed by atoms with E-state index in [0.29, 0.717) is 27.3 Å². The third kappa shape index (κ3) is 4.92. The Morgan fingerprint density at radius 2 is 1.67 bits per heavy atom. The first-order valence-corrected chi connectivity index (χ1v) is 6.52. The molecule has 0 saturated heterocycles. The lowest BCUT2D eigenvalue weighted by Crippen LogP contribution is -2.35. The Morgan fingerprint density at radius 1 is 1.11 bits per heavy atom. The van der Waals surface area contributed by atoms with Crippen molar-refractivity contribution < 1.29 is 4.79 Å². The van der Waals surface area contributed by atoms with Crippen LogP contribution in [0.15, 0.2) is 12.1 Å². The van der Waals surface area contributed by atoms with Gasteiger partial charge in [0.25, 0.3) is 0 Å². The second kappa shape index (κ2) is 6.00. The summed E-state index contributed by atoms with van der Waals surface area (Å²) in [4.78, 5) is 11.7. The Hall–Kier alpha value is -0.640. The van der Waals surface area contributed by atoms with Crippen LogP contribution in [-0.2, 0) is 0 Å². The van der Waals surface area contributed by atoms with Gasteiger partial charge in [0.05, 0.1) is 20.8 Å². The summed E-state index contributed by atoms with van der Waals surface area (Å²) in [6.07, 6.45) is 0. The molecular formula is C12H15Cl3N2O. The molecule has 0 aliphatic heterocycles. The van der Waals surface area contributed by atoms with E-state index in [1.807, 2.05) is 20.8 Å². The van der Waals surface area contributed by atoms with Crippen LogP contribution in [0.4, 0.5) is 10.5 Å². The highest BCUT2D eigenvalue weighted by atomic mass is 35.5. The molecule has 0 unspecified atom stereocenters. The van der Waals surface area contributed by atoms with Crippen LogP contribution >= 0.6 is 34.8 Å². The van der Waals surface area contributed by atoms with Crippen molar-refractivity contribution >= 4 is 46.5 Å². The Bertz CT molecular complexity index is 455. The summed E-state index contributed by atoms with van der Waals surface area (Å²) in [6.45, 7) is 6.63. The zero-order chi connectivity index (χ0) is 13.9. The van der Waals surface area contributed by atoms with E-state index in [1.54, 1.807) is 0 Å². The molecule has 0 aliphatic carbocycles. The fourth-order valence-corrected chi connectivity index (χ4v) is 1.72. The van der Waals surface area contributed by atoms with Gasteiger partial charge in [-0.3, -0.25) is 0 Å². The number of hydrogen-bond acceptors (Lipinski definition) is 1. The summed E-state index contributed by atoms with van der Waals surface area (Å²) >= 11 is 17.6. The average Bonchev–Trinajstić information content (AvgIpc) is 2.22. The van der Waals surface area contributed by atoms with Gasteiger partial charge in [-0.1, -0.05) is 55.6 Å². The number of urea groups is 1. The van der Waals surface area contributed by atoms with E-state index in [4.69, 9.17) is 34.8 Å². The van der Waals surface area contributed by atoms with Crippen LogP contribution in [0.25, 0.3) is 0 Å². The topological polar surface area (TPSA) is 41.1 Å². The molecule has 0 bridgehead atoms. The molecular weight excluding hydrogens is 295 g/mol. The first kappa shape index (κ1) is 15.4. The van der Waals surface area contributed by atoms with Gasteiger partial charge < -0.3 is 10.6 Å². The maximum absolute atomic E-state index is 11.7. The third-order valence-electron chi connectivity index (χ3n) is 2.04. The van der Waals surface area contributed by atoms with Crippen LogP contribution in [0.3, 0.4) is 0 Å². The van der Waals surface area contributed by atoms with Gasteiger partial charge in [-0.2, -0.15) is 0 Å².